The van der Waals surface area contributed by atoms with Crippen LogP contribution in [0.25, 0.3) is 17.0 Å². The third-order valence-corrected chi connectivity index (χ3v) is 5.83. The van der Waals surface area contributed by atoms with E-state index in [1.54, 1.807) is 11.6 Å². The quantitative estimate of drug-likeness (QED) is 0.728. The van der Waals surface area contributed by atoms with Crippen molar-refractivity contribution in [2.75, 3.05) is 12.4 Å². The molecule has 7 heteroatoms. The number of anilines is 1. The molecule has 4 rings (SSSR count). The second kappa shape index (κ2) is 7.91. The van der Waals surface area contributed by atoms with Gasteiger partial charge in [0.15, 0.2) is 0 Å². The fourth-order valence-corrected chi connectivity index (χ4v) is 3.91. The minimum atomic E-state index is 0.00911. The minimum absolute atomic E-state index is 0.00911. The molecule has 2 atom stereocenters. The molecule has 1 saturated carbocycles. The third-order valence-electron chi connectivity index (χ3n) is 5.83. The molecule has 1 aliphatic rings. The highest BCUT2D eigenvalue weighted by Crippen LogP contribution is 2.29. The average molecular weight is 393 g/mol. The summed E-state index contributed by atoms with van der Waals surface area (Å²) >= 11 is 0. The van der Waals surface area contributed by atoms with Crippen molar-refractivity contribution in [3.05, 3.63) is 41.3 Å². The number of amides is 1. The number of carbonyl (C=O) groups is 1. The summed E-state index contributed by atoms with van der Waals surface area (Å²) in [7, 11) is 1.72. The van der Waals surface area contributed by atoms with E-state index in [2.05, 4.69) is 20.4 Å². The fraction of sp³-hybridized carbons (Fsp3) is 0.455. The number of nitrogens with zero attached hydrogens (tertiary/aromatic N) is 4. The first-order valence-electron chi connectivity index (χ1n) is 10.1. The van der Waals surface area contributed by atoms with Gasteiger partial charge in [0.1, 0.15) is 0 Å². The molecule has 1 aromatic carbocycles. The molecule has 0 radical (unpaired) electrons. The van der Waals surface area contributed by atoms with E-state index in [1.165, 1.54) is 0 Å². The monoisotopic (exact) mass is 393 g/mol. The Labute approximate surface area is 170 Å². The molecule has 0 bridgehead atoms. The van der Waals surface area contributed by atoms with E-state index < -0.39 is 0 Å². The fourth-order valence-electron chi connectivity index (χ4n) is 3.91. The lowest BCUT2D eigenvalue weighted by molar-refractivity contribution is -0.122. The summed E-state index contributed by atoms with van der Waals surface area (Å²) in [5.41, 5.74) is 5.38. The Morgan fingerprint density at radius 2 is 2.00 bits per heavy atom. The summed E-state index contributed by atoms with van der Waals surface area (Å²) in [5.74, 6) is 0.674. The normalized spacial score (nSPS) is 19.4. The molecule has 0 aliphatic heterocycles. The Morgan fingerprint density at radius 1 is 1.17 bits per heavy atom. The maximum Gasteiger partial charge on any atom is 0.251 e. The standard InChI is InChI=1S/C22H27N5O2/c1-13-10-16(20-12-27-22(25-20)23-14(2)15(3)26-27)8-9-19(13)24-21(28)17-6-5-7-18(11-17)29-4/h8-10,12,17-18H,5-7,11H2,1-4H3,(H,24,28). The van der Waals surface area contributed by atoms with Crippen LogP contribution in [0, 0.1) is 26.7 Å². The molecule has 1 aliphatic carbocycles. The van der Waals surface area contributed by atoms with E-state index in [1.807, 2.05) is 45.2 Å². The first-order valence-corrected chi connectivity index (χ1v) is 10.1. The van der Waals surface area contributed by atoms with Gasteiger partial charge in [0.25, 0.3) is 5.78 Å². The number of hydrogen-bond donors (Lipinski definition) is 1. The molecule has 1 N–H and O–H groups in total. The molecule has 1 fully saturated rings. The van der Waals surface area contributed by atoms with Crippen LogP contribution in [0.15, 0.2) is 24.4 Å². The number of methoxy groups -OCH3 is 1. The minimum Gasteiger partial charge on any atom is -0.381 e. The number of carbonyl (C=O) groups excluding carboxylic acids is 1. The van der Waals surface area contributed by atoms with Crippen molar-refractivity contribution >= 4 is 17.4 Å². The van der Waals surface area contributed by atoms with Crippen LogP contribution in [0.5, 0.6) is 0 Å². The van der Waals surface area contributed by atoms with E-state index in [4.69, 9.17) is 4.74 Å². The summed E-state index contributed by atoms with van der Waals surface area (Å²) in [6.07, 6.45) is 5.85. The number of rotatable bonds is 4. The number of fused-ring (bicyclic) bond motifs is 1. The van der Waals surface area contributed by atoms with Gasteiger partial charge in [-0.2, -0.15) is 5.10 Å². The molecule has 0 spiro atoms. The number of nitrogens with one attached hydrogen (secondary N) is 1. The van der Waals surface area contributed by atoms with Crippen LogP contribution in [-0.4, -0.2) is 38.7 Å². The van der Waals surface area contributed by atoms with Gasteiger partial charge in [-0.3, -0.25) is 4.79 Å². The molecule has 29 heavy (non-hydrogen) atoms. The van der Waals surface area contributed by atoms with Crippen LogP contribution in [0.4, 0.5) is 5.69 Å². The molecular formula is C22H27N5O2. The zero-order valence-electron chi connectivity index (χ0n) is 17.4. The van der Waals surface area contributed by atoms with Crippen molar-refractivity contribution in [3.8, 4) is 11.3 Å². The van der Waals surface area contributed by atoms with E-state index in [0.29, 0.717) is 5.78 Å². The van der Waals surface area contributed by atoms with Gasteiger partial charge in [0.05, 0.1) is 29.4 Å². The summed E-state index contributed by atoms with van der Waals surface area (Å²) in [4.78, 5) is 21.8. The van der Waals surface area contributed by atoms with Gasteiger partial charge in [-0.15, -0.1) is 0 Å². The van der Waals surface area contributed by atoms with Crippen LogP contribution < -0.4 is 5.32 Å². The van der Waals surface area contributed by atoms with Crippen LogP contribution in [0.3, 0.4) is 0 Å². The van der Waals surface area contributed by atoms with Gasteiger partial charge in [-0.1, -0.05) is 12.5 Å². The van der Waals surface area contributed by atoms with Crippen molar-refractivity contribution in [2.45, 2.75) is 52.6 Å². The lowest BCUT2D eigenvalue weighted by Crippen LogP contribution is -2.31. The van der Waals surface area contributed by atoms with E-state index in [0.717, 1.165) is 59.6 Å². The number of hydrogen-bond acceptors (Lipinski definition) is 5. The van der Waals surface area contributed by atoms with Crippen molar-refractivity contribution in [2.24, 2.45) is 5.92 Å². The Morgan fingerprint density at radius 3 is 2.76 bits per heavy atom. The maximum absolute atomic E-state index is 12.7. The highest BCUT2D eigenvalue weighted by atomic mass is 16.5. The number of aromatic nitrogens is 4. The summed E-state index contributed by atoms with van der Waals surface area (Å²) < 4.78 is 7.16. The Balaban J connectivity index is 1.53. The molecule has 3 aromatic rings. The first-order chi connectivity index (χ1) is 13.9. The van der Waals surface area contributed by atoms with E-state index >= 15 is 0 Å². The topological polar surface area (TPSA) is 81.4 Å². The number of ether oxygens (including phenoxy) is 1. The second-order valence-corrected chi connectivity index (χ2v) is 7.89. The van der Waals surface area contributed by atoms with Crippen LogP contribution in [0.1, 0.15) is 42.6 Å². The smallest absolute Gasteiger partial charge is 0.251 e. The van der Waals surface area contributed by atoms with Crippen molar-refractivity contribution in [1.29, 1.82) is 0 Å². The lowest BCUT2D eigenvalue weighted by Gasteiger charge is -2.27. The molecule has 2 unspecified atom stereocenters. The van der Waals surface area contributed by atoms with E-state index in [-0.39, 0.29) is 17.9 Å². The summed E-state index contributed by atoms with van der Waals surface area (Å²) in [6.45, 7) is 5.86. The SMILES string of the molecule is COC1CCCC(C(=O)Nc2ccc(-c3cn4nc(C)c(C)nc4n3)cc2C)C1. The van der Waals surface area contributed by atoms with Gasteiger partial charge in [-0.05, 0) is 57.7 Å². The zero-order chi connectivity index (χ0) is 20.5. The zero-order valence-corrected chi connectivity index (χ0v) is 17.4. The Bertz CT molecular complexity index is 1020. The molecule has 152 valence electrons. The highest BCUT2D eigenvalue weighted by molar-refractivity contribution is 5.93. The van der Waals surface area contributed by atoms with E-state index in [9.17, 15) is 4.79 Å². The van der Waals surface area contributed by atoms with Crippen LogP contribution in [-0.2, 0) is 9.53 Å². The summed E-state index contributed by atoms with van der Waals surface area (Å²) in [6, 6.07) is 5.96. The molecule has 2 aromatic heterocycles. The molecular weight excluding hydrogens is 366 g/mol. The predicted octanol–water partition coefficient (Wildman–Crippen LogP) is 3.86. The molecule has 1 amide bonds. The van der Waals surface area contributed by atoms with Gasteiger partial charge >= 0.3 is 0 Å². The van der Waals surface area contributed by atoms with Gasteiger partial charge in [-0.25, -0.2) is 14.5 Å². The summed E-state index contributed by atoms with van der Waals surface area (Å²) in [5, 5.41) is 7.59. The number of aryl methyl sites for hydroxylation is 3. The number of benzene rings is 1. The maximum atomic E-state index is 12.7. The van der Waals surface area contributed by atoms with Crippen molar-refractivity contribution < 1.29 is 9.53 Å². The van der Waals surface area contributed by atoms with Crippen LogP contribution in [0.2, 0.25) is 0 Å². The van der Waals surface area contributed by atoms with Gasteiger partial charge in [0.2, 0.25) is 5.91 Å². The lowest BCUT2D eigenvalue weighted by atomic mass is 9.86. The predicted molar refractivity (Wildman–Crippen MR) is 112 cm³/mol. The second-order valence-electron chi connectivity index (χ2n) is 7.89. The molecule has 7 nitrogen and oxygen atoms in total. The van der Waals surface area contributed by atoms with Crippen LogP contribution >= 0.6 is 0 Å². The van der Waals surface area contributed by atoms with Crippen molar-refractivity contribution in [3.63, 3.8) is 0 Å². The number of imidazole rings is 1. The largest absolute Gasteiger partial charge is 0.381 e. The average Bonchev–Trinajstić information content (AvgIpc) is 3.12. The molecule has 2 heterocycles. The third kappa shape index (κ3) is 4.00. The van der Waals surface area contributed by atoms with Gasteiger partial charge in [0, 0.05) is 24.3 Å². The Kier molecular flexibility index (Phi) is 5.32. The van der Waals surface area contributed by atoms with Crippen molar-refractivity contribution in [1.82, 2.24) is 19.6 Å². The van der Waals surface area contributed by atoms with Gasteiger partial charge < -0.3 is 10.1 Å². The molecule has 0 saturated heterocycles. The Hall–Kier alpha value is -2.80. The first kappa shape index (κ1) is 19.5. The highest BCUT2D eigenvalue weighted by Gasteiger charge is 2.27.